The molecule has 0 amide bonds. The van der Waals surface area contributed by atoms with Gasteiger partial charge in [-0.05, 0) is 24.6 Å². The summed E-state index contributed by atoms with van der Waals surface area (Å²) in [4.78, 5) is 10.8. The van der Waals surface area contributed by atoms with Gasteiger partial charge in [-0.25, -0.2) is 4.79 Å². The van der Waals surface area contributed by atoms with E-state index < -0.39 is 5.97 Å². The van der Waals surface area contributed by atoms with E-state index in [0.717, 1.165) is 15.6 Å². The van der Waals surface area contributed by atoms with Crippen LogP contribution in [0.15, 0.2) is 16.6 Å². The minimum absolute atomic E-state index is 0.0562. The number of aromatic amines is 1. The molecular formula is C9H7BrN2O2. The van der Waals surface area contributed by atoms with Gasteiger partial charge < -0.3 is 5.11 Å². The Bertz CT molecular complexity index is 519. The fraction of sp³-hybridized carbons (Fsp3) is 0.111. The number of hydrogen-bond donors (Lipinski definition) is 2. The van der Waals surface area contributed by atoms with E-state index in [1.54, 1.807) is 6.07 Å². The molecule has 0 spiro atoms. The van der Waals surface area contributed by atoms with Crippen molar-refractivity contribution in [3.8, 4) is 0 Å². The van der Waals surface area contributed by atoms with E-state index in [1.807, 2.05) is 13.0 Å². The molecule has 5 heteroatoms. The summed E-state index contributed by atoms with van der Waals surface area (Å²) in [6.07, 6.45) is 0. The van der Waals surface area contributed by atoms with Crippen molar-refractivity contribution in [1.82, 2.24) is 10.2 Å². The lowest BCUT2D eigenvalue weighted by molar-refractivity contribution is 0.0692. The number of benzene rings is 1. The van der Waals surface area contributed by atoms with Crippen LogP contribution in [0.1, 0.15) is 16.1 Å². The fourth-order valence-electron chi connectivity index (χ4n) is 1.31. The molecule has 4 nitrogen and oxygen atoms in total. The van der Waals surface area contributed by atoms with Gasteiger partial charge >= 0.3 is 5.97 Å². The second kappa shape index (κ2) is 3.09. The molecule has 0 bridgehead atoms. The third-order valence-electron chi connectivity index (χ3n) is 2.04. The number of carboxylic acids is 1. The minimum atomic E-state index is -1.02. The zero-order valence-corrected chi connectivity index (χ0v) is 8.92. The highest BCUT2D eigenvalue weighted by Crippen LogP contribution is 2.24. The number of H-pyrrole nitrogens is 1. The lowest BCUT2D eigenvalue weighted by Gasteiger charge is -1.97. The summed E-state index contributed by atoms with van der Waals surface area (Å²) < 4.78 is 0.883. The summed E-state index contributed by atoms with van der Waals surface area (Å²) in [5, 5.41) is 15.9. The first-order valence-corrected chi connectivity index (χ1v) is 4.76. The van der Waals surface area contributed by atoms with E-state index in [1.165, 1.54) is 0 Å². The predicted octanol–water partition coefficient (Wildman–Crippen LogP) is 2.33. The monoisotopic (exact) mass is 254 g/mol. The quantitative estimate of drug-likeness (QED) is 0.821. The molecule has 1 aromatic carbocycles. The number of halogens is 1. The molecule has 0 aliphatic rings. The Kier molecular flexibility index (Phi) is 2.03. The first kappa shape index (κ1) is 9.21. The normalized spacial score (nSPS) is 10.7. The van der Waals surface area contributed by atoms with E-state index in [-0.39, 0.29) is 5.69 Å². The summed E-state index contributed by atoms with van der Waals surface area (Å²) in [6, 6.07) is 3.62. The molecule has 0 aliphatic heterocycles. The molecule has 2 N–H and O–H groups in total. The molecule has 0 aliphatic carbocycles. The van der Waals surface area contributed by atoms with Gasteiger partial charge in [-0.3, -0.25) is 5.10 Å². The summed E-state index contributed by atoms with van der Waals surface area (Å²) in [6.45, 7) is 1.94. The van der Waals surface area contributed by atoms with Crippen molar-refractivity contribution in [3.05, 3.63) is 27.9 Å². The molecule has 0 atom stereocenters. The van der Waals surface area contributed by atoms with Crippen LogP contribution in [0, 0.1) is 6.92 Å². The number of aromatic carboxylic acids is 1. The van der Waals surface area contributed by atoms with Gasteiger partial charge in [0.15, 0.2) is 5.69 Å². The van der Waals surface area contributed by atoms with Gasteiger partial charge in [0, 0.05) is 9.86 Å². The standard InChI is InChI=1S/C9H7BrN2O2/c1-4-2-7-5(3-6(4)10)8(9(13)14)12-11-7/h2-3H,1H3,(H,11,12)(H,13,14). The third kappa shape index (κ3) is 1.29. The van der Waals surface area contributed by atoms with E-state index in [9.17, 15) is 4.79 Å². The van der Waals surface area contributed by atoms with Crippen molar-refractivity contribution >= 4 is 32.8 Å². The molecule has 0 fully saturated rings. The Labute approximate surface area is 88.1 Å². The van der Waals surface area contributed by atoms with Gasteiger partial charge in [-0.1, -0.05) is 15.9 Å². The highest BCUT2D eigenvalue weighted by atomic mass is 79.9. The lowest BCUT2D eigenvalue weighted by atomic mass is 10.1. The van der Waals surface area contributed by atoms with Crippen molar-refractivity contribution in [1.29, 1.82) is 0 Å². The Morgan fingerprint density at radius 2 is 2.29 bits per heavy atom. The van der Waals surface area contributed by atoms with Crippen molar-refractivity contribution < 1.29 is 9.90 Å². The number of aromatic nitrogens is 2. The number of carbonyl (C=O) groups is 1. The fourth-order valence-corrected chi connectivity index (χ4v) is 1.65. The molecule has 1 aromatic heterocycles. The van der Waals surface area contributed by atoms with Gasteiger partial charge in [0.05, 0.1) is 5.52 Å². The molecule has 0 saturated carbocycles. The molecule has 2 rings (SSSR count). The van der Waals surface area contributed by atoms with Crippen LogP contribution in [0.5, 0.6) is 0 Å². The van der Waals surface area contributed by atoms with Crippen LogP contribution in [0.25, 0.3) is 10.9 Å². The molecule has 0 unspecified atom stereocenters. The number of carboxylic acid groups (broad SMARTS) is 1. The van der Waals surface area contributed by atoms with E-state index in [0.29, 0.717) is 5.39 Å². The van der Waals surface area contributed by atoms with Crippen molar-refractivity contribution in [2.24, 2.45) is 0 Å². The number of fused-ring (bicyclic) bond motifs is 1. The number of nitrogens with one attached hydrogen (secondary N) is 1. The van der Waals surface area contributed by atoms with Crippen LogP contribution in [0.4, 0.5) is 0 Å². The zero-order valence-electron chi connectivity index (χ0n) is 7.34. The topological polar surface area (TPSA) is 66.0 Å². The maximum absolute atomic E-state index is 10.8. The molecular weight excluding hydrogens is 248 g/mol. The first-order valence-electron chi connectivity index (χ1n) is 3.97. The van der Waals surface area contributed by atoms with Gasteiger partial charge in [0.2, 0.25) is 0 Å². The van der Waals surface area contributed by atoms with Crippen molar-refractivity contribution in [3.63, 3.8) is 0 Å². The van der Waals surface area contributed by atoms with Crippen LogP contribution in [-0.2, 0) is 0 Å². The predicted molar refractivity (Wildman–Crippen MR) is 55.5 cm³/mol. The summed E-state index contributed by atoms with van der Waals surface area (Å²) in [5.74, 6) is -1.02. The third-order valence-corrected chi connectivity index (χ3v) is 2.90. The van der Waals surface area contributed by atoms with Gasteiger partial charge in [-0.2, -0.15) is 5.10 Å². The largest absolute Gasteiger partial charge is 0.476 e. The SMILES string of the molecule is Cc1cc2[nH]nc(C(=O)O)c2cc1Br. The summed E-state index contributed by atoms with van der Waals surface area (Å²) in [7, 11) is 0. The Hall–Kier alpha value is -1.36. The van der Waals surface area contributed by atoms with E-state index in [4.69, 9.17) is 5.11 Å². The average Bonchev–Trinajstić information content (AvgIpc) is 2.48. The molecule has 1 heterocycles. The number of nitrogens with zero attached hydrogens (tertiary/aromatic N) is 1. The van der Waals surface area contributed by atoms with Crippen LogP contribution in [0.3, 0.4) is 0 Å². The maximum Gasteiger partial charge on any atom is 0.357 e. The first-order chi connectivity index (χ1) is 6.59. The minimum Gasteiger partial charge on any atom is -0.476 e. The van der Waals surface area contributed by atoms with Gasteiger partial charge in [-0.15, -0.1) is 0 Å². The van der Waals surface area contributed by atoms with Gasteiger partial charge in [0.25, 0.3) is 0 Å². The molecule has 14 heavy (non-hydrogen) atoms. The second-order valence-corrected chi connectivity index (χ2v) is 3.88. The van der Waals surface area contributed by atoms with Crippen LogP contribution < -0.4 is 0 Å². The average molecular weight is 255 g/mol. The zero-order chi connectivity index (χ0) is 10.3. The van der Waals surface area contributed by atoms with E-state index in [2.05, 4.69) is 26.1 Å². The highest BCUT2D eigenvalue weighted by molar-refractivity contribution is 9.10. The van der Waals surface area contributed by atoms with Crippen LogP contribution >= 0.6 is 15.9 Å². The van der Waals surface area contributed by atoms with Gasteiger partial charge in [0.1, 0.15) is 0 Å². The molecule has 0 saturated heterocycles. The highest BCUT2D eigenvalue weighted by Gasteiger charge is 2.13. The molecule has 0 radical (unpaired) electrons. The molecule has 2 aromatic rings. The maximum atomic E-state index is 10.8. The summed E-state index contributed by atoms with van der Waals surface area (Å²) >= 11 is 3.35. The van der Waals surface area contributed by atoms with Crippen molar-refractivity contribution in [2.45, 2.75) is 6.92 Å². The Morgan fingerprint density at radius 1 is 1.57 bits per heavy atom. The lowest BCUT2D eigenvalue weighted by Crippen LogP contribution is -1.96. The Balaban J connectivity index is 2.80. The van der Waals surface area contributed by atoms with E-state index >= 15 is 0 Å². The Morgan fingerprint density at radius 3 is 2.93 bits per heavy atom. The smallest absolute Gasteiger partial charge is 0.357 e. The number of hydrogen-bond acceptors (Lipinski definition) is 2. The number of aryl methyl sites for hydroxylation is 1. The summed E-state index contributed by atoms with van der Waals surface area (Å²) in [5.41, 5.74) is 1.84. The molecule has 72 valence electrons. The second-order valence-electron chi connectivity index (χ2n) is 3.02. The van der Waals surface area contributed by atoms with Crippen LogP contribution in [-0.4, -0.2) is 21.3 Å². The number of rotatable bonds is 1. The van der Waals surface area contributed by atoms with Crippen LogP contribution in [0.2, 0.25) is 0 Å². The van der Waals surface area contributed by atoms with Crippen molar-refractivity contribution in [2.75, 3.05) is 0 Å².